The summed E-state index contributed by atoms with van der Waals surface area (Å²) in [5.41, 5.74) is 6.32. The summed E-state index contributed by atoms with van der Waals surface area (Å²) < 4.78 is -1.65. The molecule has 0 saturated carbocycles. The van der Waals surface area contributed by atoms with E-state index in [1.807, 2.05) is 6.07 Å². The van der Waals surface area contributed by atoms with Crippen molar-refractivity contribution in [3.63, 3.8) is 0 Å². The molecule has 3 atom stereocenters. The first-order valence-corrected chi connectivity index (χ1v) is 11.0. The SMILES string of the molecule is CC(=O)C(S)(Cc1ccccc1)C(=O)N[C@@H](CCCCN)C(=O)N1CCC[C@H]1C(=O)O. The zero-order chi connectivity index (χ0) is 23.0. The van der Waals surface area contributed by atoms with E-state index >= 15 is 0 Å². The number of unbranched alkanes of at least 4 members (excludes halogenated alkanes) is 1. The van der Waals surface area contributed by atoms with Crippen molar-refractivity contribution in [3.8, 4) is 0 Å². The van der Waals surface area contributed by atoms with Gasteiger partial charge in [0.15, 0.2) is 10.5 Å². The van der Waals surface area contributed by atoms with Gasteiger partial charge in [-0.2, -0.15) is 12.6 Å². The van der Waals surface area contributed by atoms with Gasteiger partial charge in [-0.1, -0.05) is 30.3 Å². The molecule has 0 radical (unpaired) electrons. The maximum atomic E-state index is 13.2. The van der Waals surface area contributed by atoms with Gasteiger partial charge < -0.3 is 21.1 Å². The van der Waals surface area contributed by atoms with Crippen LogP contribution in [0.2, 0.25) is 0 Å². The number of hydrogen-bond donors (Lipinski definition) is 4. The number of benzene rings is 1. The van der Waals surface area contributed by atoms with Crippen LogP contribution >= 0.6 is 12.6 Å². The fourth-order valence-corrected chi connectivity index (χ4v) is 4.02. The summed E-state index contributed by atoms with van der Waals surface area (Å²) in [6.07, 6.45) is 2.58. The Morgan fingerprint density at radius 2 is 1.94 bits per heavy atom. The second-order valence-corrected chi connectivity index (χ2v) is 8.68. The molecular formula is C22H31N3O5S. The third kappa shape index (κ3) is 6.30. The number of amides is 2. The average molecular weight is 450 g/mol. The first-order valence-electron chi connectivity index (χ1n) is 10.5. The van der Waals surface area contributed by atoms with E-state index in [2.05, 4.69) is 17.9 Å². The first-order chi connectivity index (χ1) is 14.7. The number of aliphatic carboxylic acids is 1. The molecule has 1 heterocycles. The molecular weight excluding hydrogens is 418 g/mol. The first kappa shape index (κ1) is 24.9. The van der Waals surface area contributed by atoms with E-state index in [9.17, 15) is 24.3 Å². The molecule has 0 spiro atoms. The van der Waals surface area contributed by atoms with Crippen molar-refractivity contribution in [3.05, 3.63) is 35.9 Å². The standard InChI is InChI=1S/C22H31N3O5S/c1-15(26)22(31,14-16-8-3-2-4-9-16)21(30)24-17(10-5-6-12-23)19(27)25-13-7-11-18(25)20(28)29/h2-4,8-9,17-18,31H,5-7,10-14,23H2,1H3,(H,24,30)(H,28,29)/t17-,18-,22?/m0/s1. The number of ketones is 1. The molecule has 8 nitrogen and oxygen atoms in total. The topological polar surface area (TPSA) is 130 Å². The van der Waals surface area contributed by atoms with Crippen LogP contribution in [0.4, 0.5) is 0 Å². The van der Waals surface area contributed by atoms with Crippen LogP contribution < -0.4 is 11.1 Å². The molecule has 1 aliphatic rings. The van der Waals surface area contributed by atoms with Crippen molar-refractivity contribution >= 4 is 36.2 Å². The van der Waals surface area contributed by atoms with Crippen LogP contribution in [0, 0.1) is 0 Å². The van der Waals surface area contributed by atoms with Gasteiger partial charge in [-0.3, -0.25) is 14.4 Å². The molecule has 0 aliphatic carbocycles. The van der Waals surface area contributed by atoms with E-state index in [0.717, 1.165) is 5.56 Å². The Labute approximate surface area is 188 Å². The van der Waals surface area contributed by atoms with Crippen LogP contribution in [0.1, 0.15) is 44.6 Å². The van der Waals surface area contributed by atoms with Crippen LogP contribution in [0.15, 0.2) is 30.3 Å². The molecule has 1 unspecified atom stereocenters. The van der Waals surface area contributed by atoms with Gasteiger partial charge in [-0.15, -0.1) is 0 Å². The smallest absolute Gasteiger partial charge is 0.326 e. The summed E-state index contributed by atoms with van der Waals surface area (Å²) in [5, 5.41) is 12.1. The maximum absolute atomic E-state index is 13.2. The van der Waals surface area contributed by atoms with Crippen molar-refractivity contribution in [1.82, 2.24) is 10.2 Å². The number of thiol groups is 1. The molecule has 2 amide bonds. The Hall–Kier alpha value is -2.39. The van der Waals surface area contributed by atoms with E-state index in [4.69, 9.17) is 5.73 Å². The third-order valence-corrected chi connectivity index (χ3v) is 6.31. The number of nitrogens with one attached hydrogen (secondary N) is 1. The monoisotopic (exact) mass is 449 g/mol. The Morgan fingerprint density at radius 1 is 1.26 bits per heavy atom. The number of carboxylic acids is 1. The van der Waals surface area contributed by atoms with Gasteiger partial charge in [0.2, 0.25) is 11.8 Å². The molecule has 1 fully saturated rings. The number of nitrogens with two attached hydrogens (primary N) is 1. The highest BCUT2D eigenvalue weighted by atomic mass is 32.1. The minimum absolute atomic E-state index is 0.0727. The van der Waals surface area contributed by atoms with Crippen molar-refractivity contribution < 1.29 is 24.3 Å². The Morgan fingerprint density at radius 3 is 2.52 bits per heavy atom. The minimum atomic E-state index is -1.65. The summed E-state index contributed by atoms with van der Waals surface area (Å²) in [6, 6.07) is 7.19. The lowest BCUT2D eigenvalue weighted by Crippen LogP contribution is -2.57. The molecule has 31 heavy (non-hydrogen) atoms. The number of carboxylic acid groups (broad SMARTS) is 1. The van der Waals surface area contributed by atoms with Gasteiger partial charge in [0.25, 0.3) is 0 Å². The third-order valence-electron chi connectivity index (χ3n) is 5.63. The lowest BCUT2D eigenvalue weighted by molar-refractivity contribution is -0.149. The molecule has 1 aromatic carbocycles. The molecule has 0 aromatic heterocycles. The van der Waals surface area contributed by atoms with Crippen molar-refractivity contribution in [2.45, 2.75) is 62.3 Å². The van der Waals surface area contributed by atoms with E-state index < -0.39 is 40.4 Å². The van der Waals surface area contributed by atoms with Crippen molar-refractivity contribution in [2.75, 3.05) is 13.1 Å². The zero-order valence-electron chi connectivity index (χ0n) is 17.8. The van der Waals surface area contributed by atoms with E-state index in [1.54, 1.807) is 24.3 Å². The lowest BCUT2D eigenvalue weighted by Gasteiger charge is -2.31. The fourth-order valence-electron chi connectivity index (χ4n) is 3.77. The number of nitrogens with zero attached hydrogens (tertiary/aromatic N) is 1. The van der Waals surface area contributed by atoms with Gasteiger partial charge in [0.1, 0.15) is 12.1 Å². The van der Waals surface area contributed by atoms with Crippen molar-refractivity contribution in [1.29, 1.82) is 0 Å². The van der Waals surface area contributed by atoms with E-state index in [0.29, 0.717) is 45.2 Å². The normalized spacial score (nSPS) is 18.8. The maximum Gasteiger partial charge on any atom is 0.326 e. The summed E-state index contributed by atoms with van der Waals surface area (Å²) in [5.74, 6) is -2.61. The highest BCUT2D eigenvalue weighted by Gasteiger charge is 2.43. The largest absolute Gasteiger partial charge is 0.480 e. The highest BCUT2D eigenvalue weighted by molar-refractivity contribution is 7.83. The number of hydrogen-bond acceptors (Lipinski definition) is 6. The zero-order valence-corrected chi connectivity index (χ0v) is 18.6. The Bertz CT molecular complexity index is 804. The Kier molecular flexibility index (Phi) is 9.06. The van der Waals surface area contributed by atoms with Crippen LogP contribution in [0.3, 0.4) is 0 Å². The van der Waals surface area contributed by atoms with E-state index in [-0.39, 0.29) is 6.42 Å². The molecule has 1 aromatic rings. The summed E-state index contributed by atoms with van der Waals surface area (Å²) in [4.78, 5) is 51.5. The summed E-state index contributed by atoms with van der Waals surface area (Å²) >= 11 is 4.43. The molecule has 170 valence electrons. The number of likely N-dealkylation sites (tertiary alicyclic amines) is 1. The van der Waals surface area contributed by atoms with Crippen LogP contribution in [0.25, 0.3) is 0 Å². The molecule has 0 bridgehead atoms. The van der Waals surface area contributed by atoms with Crippen LogP contribution in [-0.2, 0) is 25.6 Å². The number of Topliss-reactive ketones (excluding diaryl/α,β-unsaturated/α-hetero) is 1. The summed E-state index contributed by atoms with van der Waals surface area (Å²) in [7, 11) is 0. The lowest BCUT2D eigenvalue weighted by atomic mass is 9.93. The predicted molar refractivity (Wildman–Crippen MR) is 120 cm³/mol. The summed E-state index contributed by atoms with van der Waals surface area (Å²) in [6.45, 7) is 2.05. The van der Waals surface area contributed by atoms with Gasteiger partial charge in [0.05, 0.1) is 0 Å². The van der Waals surface area contributed by atoms with Crippen LogP contribution in [0.5, 0.6) is 0 Å². The van der Waals surface area contributed by atoms with Gasteiger partial charge in [-0.25, -0.2) is 4.79 Å². The molecule has 4 N–H and O–H groups in total. The quantitative estimate of drug-likeness (QED) is 0.228. The molecule has 9 heteroatoms. The molecule has 1 aliphatic heterocycles. The Balaban J connectivity index is 2.22. The van der Waals surface area contributed by atoms with Gasteiger partial charge in [0, 0.05) is 13.0 Å². The van der Waals surface area contributed by atoms with Crippen molar-refractivity contribution in [2.24, 2.45) is 5.73 Å². The molecule has 2 rings (SSSR count). The predicted octanol–water partition coefficient (Wildman–Crippen LogP) is 1.18. The number of rotatable bonds is 11. The second-order valence-electron chi connectivity index (χ2n) is 7.92. The van der Waals surface area contributed by atoms with E-state index in [1.165, 1.54) is 11.8 Å². The van der Waals surface area contributed by atoms with Crippen LogP contribution in [-0.4, -0.2) is 63.5 Å². The average Bonchev–Trinajstić information content (AvgIpc) is 3.23. The second kappa shape index (κ2) is 11.3. The van der Waals surface area contributed by atoms with Gasteiger partial charge >= 0.3 is 5.97 Å². The number of carbonyl (C=O) groups excluding carboxylic acids is 3. The number of carbonyl (C=O) groups is 4. The minimum Gasteiger partial charge on any atom is -0.480 e. The molecule has 1 saturated heterocycles. The highest BCUT2D eigenvalue weighted by Crippen LogP contribution is 2.25. The fraction of sp³-hybridized carbons (Fsp3) is 0.545. The van der Waals surface area contributed by atoms with Gasteiger partial charge in [-0.05, 0) is 51.1 Å².